The molecule has 1 aliphatic rings. The quantitative estimate of drug-likeness (QED) is 0.454. The van der Waals surface area contributed by atoms with E-state index in [4.69, 9.17) is 14.6 Å². The van der Waals surface area contributed by atoms with Gasteiger partial charge in [-0.15, -0.1) is 0 Å². The molecule has 0 bridgehead atoms. The molecule has 1 fully saturated rings. The number of rotatable bonds is 5. The van der Waals surface area contributed by atoms with Crippen molar-refractivity contribution in [3.05, 3.63) is 42.6 Å². The topological polar surface area (TPSA) is 74.4 Å². The Morgan fingerprint density at radius 1 is 0.967 bits per heavy atom. The summed E-state index contributed by atoms with van der Waals surface area (Å²) >= 11 is 1.53. The highest BCUT2D eigenvalue weighted by molar-refractivity contribution is 7.19. The first-order chi connectivity index (χ1) is 14.7. The van der Waals surface area contributed by atoms with Crippen molar-refractivity contribution in [3.8, 4) is 33.3 Å². The number of imidazole rings is 1. The molecule has 1 saturated carbocycles. The number of ether oxygens (including phenoxy) is 2. The Balaban J connectivity index is 1.45. The van der Waals surface area contributed by atoms with Crippen molar-refractivity contribution in [2.45, 2.75) is 45.1 Å². The van der Waals surface area contributed by atoms with Gasteiger partial charge in [-0.1, -0.05) is 17.8 Å². The van der Waals surface area contributed by atoms with Gasteiger partial charge in [0.05, 0.1) is 25.1 Å². The fourth-order valence-electron chi connectivity index (χ4n) is 3.79. The zero-order valence-electron chi connectivity index (χ0n) is 17.0. The molecule has 0 amide bonds. The number of aryl methyl sites for hydroxylation is 1. The van der Waals surface area contributed by atoms with Crippen LogP contribution in [-0.4, -0.2) is 37.8 Å². The van der Waals surface area contributed by atoms with Crippen LogP contribution in [0.15, 0.2) is 36.8 Å². The van der Waals surface area contributed by atoms with Gasteiger partial charge in [0.15, 0.2) is 11.5 Å². The van der Waals surface area contributed by atoms with Crippen LogP contribution in [0, 0.1) is 6.92 Å². The van der Waals surface area contributed by atoms with Gasteiger partial charge in [0.2, 0.25) is 4.96 Å². The van der Waals surface area contributed by atoms with Crippen molar-refractivity contribution in [2.24, 2.45) is 0 Å². The number of nitrogens with zero attached hydrogens (tertiary/aromatic N) is 5. The predicted octanol–water partition coefficient (Wildman–Crippen LogP) is 4.94. The molecule has 0 atom stereocenters. The van der Waals surface area contributed by atoms with Gasteiger partial charge in [0.25, 0.3) is 0 Å². The normalized spacial score (nSPS) is 14.9. The second-order valence-corrected chi connectivity index (χ2v) is 8.46. The molecule has 4 aromatic rings. The molecule has 0 unspecified atom stereocenters. The Kier molecular flexibility index (Phi) is 5.08. The van der Waals surface area contributed by atoms with E-state index in [9.17, 15) is 0 Å². The van der Waals surface area contributed by atoms with Gasteiger partial charge in [-0.05, 0) is 50.8 Å². The minimum Gasteiger partial charge on any atom is -0.493 e. The van der Waals surface area contributed by atoms with Crippen LogP contribution in [0.1, 0.15) is 37.9 Å². The van der Waals surface area contributed by atoms with Crippen molar-refractivity contribution >= 4 is 16.3 Å². The van der Waals surface area contributed by atoms with Crippen LogP contribution in [0.3, 0.4) is 0 Å². The molecule has 1 aliphatic carbocycles. The molecular formula is C22H23N5O2S. The van der Waals surface area contributed by atoms with Crippen LogP contribution in [0.2, 0.25) is 0 Å². The van der Waals surface area contributed by atoms with Crippen LogP contribution < -0.4 is 9.47 Å². The fourth-order valence-corrected chi connectivity index (χ4v) is 4.66. The number of methoxy groups -OCH3 is 1. The standard InChI is InChI=1S/C22H23N5O2S/c1-14-23-11-16(12-24-14)18-13-25-22-27(18)26-21(30-22)15-8-9-19(20(10-15)28-2)29-17-6-4-3-5-7-17/h8-13,17H,3-7H2,1-2H3. The molecule has 154 valence electrons. The monoisotopic (exact) mass is 421 g/mol. The van der Waals surface area contributed by atoms with Gasteiger partial charge in [-0.25, -0.2) is 19.5 Å². The fraction of sp³-hybridized carbons (Fsp3) is 0.364. The highest BCUT2D eigenvalue weighted by Crippen LogP contribution is 2.36. The summed E-state index contributed by atoms with van der Waals surface area (Å²) in [7, 11) is 1.68. The number of hydrogen-bond acceptors (Lipinski definition) is 7. The minimum absolute atomic E-state index is 0.279. The van der Waals surface area contributed by atoms with Crippen molar-refractivity contribution in [3.63, 3.8) is 0 Å². The number of hydrogen-bond donors (Lipinski definition) is 0. The first-order valence-corrected chi connectivity index (χ1v) is 11.0. The molecule has 0 saturated heterocycles. The average Bonchev–Trinajstić information content (AvgIpc) is 3.36. The second kappa shape index (κ2) is 8.02. The number of aromatic nitrogens is 5. The molecule has 0 radical (unpaired) electrons. The van der Waals surface area contributed by atoms with E-state index < -0.39 is 0 Å². The van der Waals surface area contributed by atoms with Crippen LogP contribution in [0.4, 0.5) is 0 Å². The van der Waals surface area contributed by atoms with Gasteiger partial charge in [0.1, 0.15) is 10.8 Å². The predicted molar refractivity (Wildman–Crippen MR) is 116 cm³/mol. The summed E-state index contributed by atoms with van der Waals surface area (Å²) in [4.78, 5) is 13.9. The van der Waals surface area contributed by atoms with Crippen molar-refractivity contribution in [1.29, 1.82) is 0 Å². The molecule has 3 aromatic heterocycles. The highest BCUT2D eigenvalue weighted by Gasteiger charge is 2.19. The summed E-state index contributed by atoms with van der Waals surface area (Å²) < 4.78 is 13.7. The van der Waals surface area contributed by atoms with Crippen LogP contribution >= 0.6 is 11.3 Å². The molecule has 8 heteroatoms. The van der Waals surface area contributed by atoms with Crippen LogP contribution in [-0.2, 0) is 0 Å². The van der Waals surface area contributed by atoms with E-state index in [0.717, 1.165) is 57.0 Å². The summed E-state index contributed by atoms with van der Waals surface area (Å²) in [6.45, 7) is 1.87. The van der Waals surface area contributed by atoms with E-state index in [1.54, 1.807) is 25.7 Å². The maximum Gasteiger partial charge on any atom is 0.213 e. The smallest absolute Gasteiger partial charge is 0.213 e. The van der Waals surface area contributed by atoms with E-state index in [1.165, 1.54) is 30.6 Å². The van der Waals surface area contributed by atoms with Gasteiger partial charge >= 0.3 is 0 Å². The van der Waals surface area contributed by atoms with Gasteiger partial charge in [-0.3, -0.25) is 0 Å². The number of benzene rings is 1. The molecule has 0 aliphatic heterocycles. The molecule has 0 spiro atoms. The molecule has 7 nitrogen and oxygen atoms in total. The largest absolute Gasteiger partial charge is 0.493 e. The van der Waals surface area contributed by atoms with Crippen LogP contribution in [0.5, 0.6) is 11.5 Å². The summed E-state index contributed by atoms with van der Waals surface area (Å²) in [6.07, 6.45) is 11.7. The summed E-state index contributed by atoms with van der Waals surface area (Å²) in [5.74, 6) is 2.27. The lowest BCUT2D eigenvalue weighted by Crippen LogP contribution is -2.19. The minimum atomic E-state index is 0.279. The maximum absolute atomic E-state index is 6.23. The van der Waals surface area contributed by atoms with Crippen molar-refractivity contribution in [2.75, 3.05) is 7.11 Å². The molecule has 30 heavy (non-hydrogen) atoms. The SMILES string of the molecule is COc1cc(-c2nn3c(-c4cnc(C)nc4)cnc3s2)ccc1OC1CCCCC1. The van der Waals surface area contributed by atoms with Gasteiger partial charge in [-0.2, -0.15) is 5.10 Å². The third kappa shape index (κ3) is 3.63. The summed E-state index contributed by atoms with van der Waals surface area (Å²) in [6, 6.07) is 6.01. The first-order valence-electron chi connectivity index (χ1n) is 10.2. The Morgan fingerprint density at radius 2 is 1.77 bits per heavy atom. The van der Waals surface area contributed by atoms with Crippen LogP contribution in [0.25, 0.3) is 26.8 Å². The summed E-state index contributed by atoms with van der Waals surface area (Å²) in [5.41, 5.74) is 2.74. The van der Waals surface area contributed by atoms with E-state index in [0.29, 0.717) is 0 Å². The van der Waals surface area contributed by atoms with Crippen molar-refractivity contribution < 1.29 is 9.47 Å². The lowest BCUT2D eigenvalue weighted by Gasteiger charge is -2.24. The summed E-state index contributed by atoms with van der Waals surface area (Å²) in [5, 5.41) is 5.65. The Labute approximate surface area is 178 Å². The molecule has 1 aromatic carbocycles. The lowest BCUT2D eigenvalue weighted by atomic mass is 9.98. The van der Waals surface area contributed by atoms with Gasteiger partial charge < -0.3 is 9.47 Å². The lowest BCUT2D eigenvalue weighted by molar-refractivity contribution is 0.149. The third-order valence-electron chi connectivity index (χ3n) is 5.42. The average molecular weight is 422 g/mol. The number of fused-ring (bicyclic) bond motifs is 1. The van der Waals surface area contributed by atoms with Gasteiger partial charge in [0, 0.05) is 23.5 Å². The van der Waals surface area contributed by atoms with E-state index in [2.05, 4.69) is 15.0 Å². The Bertz CT molecular complexity index is 1160. The Morgan fingerprint density at radius 3 is 2.53 bits per heavy atom. The Hall–Kier alpha value is -3.00. The molecule has 5 rings (SSSR count). The van der Waals surface area contributed by atoms with E-state index >= 15 is 0 Å². The zero-order valence-corrected chi connectivity index (χ0v) is 17.9. The zero-order chi connectivity index (χ0) is 20.5. The van der Waals surface area contributed by atoms with E-state index in [1.807, 2.05) is 29.6 Å². The highest BCUT2D eigenvalue weighted by atomic mass is 32.1. The van der Waals surface area contributed by atoms with E-state index in [-0.39, 0.29) is 6.10 Å². The third-order valence-corrected chi connectivity index (χ3v) is 6.39. The molecular weight excluding hydrogens is 398 g/mol. The van der Waals surface area contributed by atoms with Crippen molar-refractivity contribution in [1.82, 2.24) is 24.6 Å². The first kappa shape index (κ1) is 19.0. The maximum atomic E-state index is 6.23. The molecule has 0 N–H and O–H groups in total. The molecule has 3 heterocycles. The second-order valence-electron chi connectivity index (χ2n) is 7.51.